The van der Waals surface area contributed by atoms with E-state index in [0.717, 1.165) is 66.1 Å². The van der Waals surface area contributed by atoms with E-state index in [1.807, 2.05) is 30.3 Å². The fourth-order valence-electron chi connectivity index (χ4n) is 4.78. The fraction of sp³-hybridized carbons (Fsp3) is 0.407. The highest BCUT2D eigenvalue weighted by molar-refractivity contribution is 5.83. The van der Waals surface area contributed by atoms with Crippen LogP contribution in [0.1, 0.15) is 31.4 Å². The number of carboxylic acid groups (broad SMARTS) is 1. The molecular formula is C27H32N2O4. The molecule has 0 bridgehead atoms. The lowest BCUT2D eigenvalue weighted by Gasteiger charge is -2.28. The Morgan fingerprint density at radius 2 is 1.73 bits per heavy atom. The summed E-state index contributed by atoms with van der Waals surface area (Å²) in [5.41, 5.74) is 5.52. The molecule has 1 saturated carbocycles. The Balaban J connectivity index is 1.54. The number of hydrogen-bond acceptors (Lipinski definition) is 4. The van der Waals surface area contributed by atoms with Gasteiger partial charge in [0.15, 0.2) is 0 Å². The number of aliphatic carboxylic acids is 1. The maximum absolute atomic E-state index is 10.7. The van der Waals surface area contributed by atoms with Crippen LogP contribution in [0.15, 0.2) is 54.6 Å². The summed E-state index contributed by atoms with van der Waals surface area (Å²) in [6, 6.07) is 18.5. The van der Waals surface area contributed by atoms with Crippen molar-refractivity contribution in [3.63, 3.8) is 0 Å². The van der Waals surface area contributed by atoms with Gasteiger partial charge in [0.1, 0.15) is 18.1 Å². The van der Waals surface area contributed by atoms with Crippen LogP contribution in [0, 0.1) is 18.8 Å². The quantitative estimate of drug-likeness (QED) is 0.472. The maximum atomic E-state index is 10.7. The molecule has 0 atom stereocenters. The summed E-state index contributed by atoms with van der Waals surface area (Å²) in [4.78, 5) is 10.7. The minimum absolute atomic E-state index is 0.207. The minimum Gasteiger partial charge on any atom is -0.497 e. The molecule has 1 heterocycles. The highest BCUT2D eigenvalue weighted by atomic mass is 16.5. The molecule has 174 valence electrons. The van der Waals surface area contributed by atoms with E-state index in [1.165, 1.54) is 0 Å². The second-order valence-electron chi connectivity index (χ2n) is 8.88. The van der Waals surface area contributed by atoms with E-state index in [0.29, 0.717) is 18.4 Å². The summed E-state index contributed by atoms with van der Waals surface area (Å²) in [5.74, 6) is 0.939. The first-order chi connectivity index (χ1) is 16.0. The first-order valence-corrected chi connectivity index (χ1v) is 11.6. The van der Waals surface area contributed by atoms with E-state index in [4.69, 9.17) is 19.7 Å². The van der Waals surface area contributed by atoms with Crippen molar-refractivity contribution in [3.05, 3.63) is 60.3 Å². The highest BCUT2D eigenvalue weighted by Gasteiger charge is 2.25. The standard InChI is InChI=1S/C27H32N2O4/c1-19-26(23-9-6-10-24(15-23)32-2)27(22-7-4-3-5-8-22)28-29(19)16-20-11-13-21(14-12-20)17-33-18-25(30)31/h3-10,15,20-21H,11-14,16-18H2,1-2H3,(H,30,31)/t20-,21-. The second kappa shape index (κ2) is 10.7. The molecule has 3 aromatic rings. The van der Waals surface area contributed by atoms with Crippen LogP contribution in [-0.4, -0.2) is 41.2 Å². The van der Waals surface area contributed by atoms with Crippen molar-refractivity contribution in [1.82, 2.24) is 9.78 Å². The maximum Gasteiger partial charge on any atom is 0.329 e. The predicted molar refractivity (Wildman–Crippen MR) is 128 cm³/mol. The van der Waals surface area contributed by atoms with Crippen LogP contribution in [0.25, 0.3) is 22.4 Å². The largest absolute Gasteiger partial charge is 0.497 e. The van der Waals surface area contributed by atoms with Crippen molar-refractivity contribution in [1.29, 1.82) is 0 Å². The topological polar surface area (TPSA) is 73.6 Å². The van der Waals surface area contributed by atoms with Gasteiger partial charge in [0.05, 0.1) is 13.7 Å². The number of aromatic nitrogens is 2. The van der Waals surface area contributed by atoms with Crippen LogP contribution in [0.5, 0.6) is 5.75 Å². The van der Waals surface area contributed by atoms with Crippen molar-refractivity contribution in [3.8, 4) is 28.1 Å². The molecule has 1 aliphatic rings. The molecule has 0 aliphatic heterocycles. The van der Waals surface area contributed by atoms with Gasteiger partial charge in [-0.3, -0.25) is 4.68 Å². The van der Waals surface area contributed by atoms with E-state index in [1.54, 1.807) is 7.11 Å². The van der Waals surface area contributed by atoms with Gasteiger partial charge in [-0.2, -0.15) is 5.10 Å². The Morgan fingerprint density at radius 3 is 2.42 bits per heavy atom. The third-order valence-corrected chi connectivity index (χ3v) is 6.59. The lowest BCUT2D eigenvalue weighted by molar-refractivity contribution is -0.142. The lowest BCUT2D eigenvalue weighted by Crippen LogP contribution is -2.23. The molecule has 6 nitrogen and oxygen atoms in total. The van der Waals surface area contributed by atoms with E-state index < -0.39 is 5.97 Å². The van der Waals surface area contributed by atoms with Crippen LogP contribution in [0.2, 0.25) is 0 Å². The molecule has 1 fully saturated rings. The molecule has 33 heavy (non-hydrogen) atoms. The van der Waals surface area contributed by atoms with Crippen molar-refractivity contribution >= 4 is 5.97 Å². The molecule has 0 saturated heterocycles. The van der Waals surface area contributed by atoms with Crippen LogP contribution in [0.3, 0.4) is 0 Å². The summed E-state index contributed by atoms with van der Waals surface area (Å²) < 4.78 is 13.0. The van der Waals surface area contributed by atoms with Gasteiger partial charge in [-0.25, -0.2) is 4.79 Å². The van der Waals surface area contributed by atoms with Gasteiger partial charge in [0.25, 0.3) is 0 Å². The van der Waals surface area contributed by atoms with Gasteiger partial charge < -0.3 is 14.6 Å². The summed E-state index contributed by atoms with van der Waals surface area (Å²) in [6.45, 7) is 3.37. The molecule has 1 aromatic heterocycles. The number of ether oxygens (including phenoxy) is 2. The smallest absolute Gasteiger partial charge is 0.329 e. The Labute approximate surface area is 195 Å². The van der Waals surface area contributed by atoms with E-state index in [2.05, 4.69) is 35.9 Å². The van der Waals surface area contributed by atoms with Gasteiger partial charge in [-0.05, 0) is 62.1 Å². The molecule has 6 heteroatoms. The number of hydrogen-bond donors (Lipinski definition) is 1. The summed E-state index contributed by atoms with van der Waals surface area (Å²) in [6.07, 6.45) is 4.35. The molecule has 0 radical (unpaired) electrons. The Morgan fingerprint density at radius 1 is 1.03 bits per heavy atom. The predicted octanol–water partition coefficient (Wildman–Crippen LogP) is 5.44. The summed E-state index contributed by atoms with van der Waals surface area (Å²) in [5, 5.41) is 13.8. The Bertz CT molecular complexity index is 1070. The first kappa shape index (κ1) is 23.1. The number of benzene rings is 2. The zero-order valence-electron chi connectivity index (χ0n) is 19.4. The van der Waals surface area contributed by atoms with Gasteiger partial charge in [-0.1, -0.05) is 42.5 Å². The molecule has 1 aliphatic carbocycles. The van der Waals surface area contributed by atoms with Gasteiger partial charge >= 0.3 is 5.97 Å². The van der Waals surface area contributed by atoms with Crippen LogP contribution in [-0.2, 0) is 16.1 Å². The summed E-state index contributed by atoms with van der Waals surface area (Å²) in [7, 11) is 1.69. The average Bonchev–Trinajstić information content (AvgIpc) is 3.16. The molecule has 0 amide bonds. The number of nitrogens with zero attached hydrogens (tertiary/aromatic N) is 2. The zero-order valence-corrected chi connectivity index (χ0v) is 19.4. The van der Waals surface area contributed by atoms with Crippen molar-refractivity contribution in [2.24, 2.45) is 11.8 Å². The minimum atomic E-state index is -0.904. The van der Waals surface area contributed by atoms with E-state index >= 15 is 0 Å². The molecule has 0 spiro atoms. The average molecular weight is 449 g/mol. The molecule has 2 aromatic carbocycles. The number of rotatable bonds is 9. The van der Waals surface area contributed by atoms with Crippen LogP contribution < -0.4 is 4.74 Å². The van der Waals surface area contributed by atoms with Gasteiger partial charge in [0, 0.05) is 23.4 Å². The van der Waals surface area contributed by atoms with Gasteiger partial charge in [-0.15, -0.1) is 0 Å². The Hall–Kier alpha value is -3.12. The number of carbonyl (C=O) groups is 1. The van der Waals surface area contributed by atoms with Crippen LogP contribution in [0.4, 0.5) is 0 Å². The van der Waals surface area contributed by atoms with Crippen LogP contribution >= 0.6 is 0 Å². The molecular weight excluding hydrogens is 416 g/mol. The zero-order chi connectivity index (χ0) is 23.2. The van der Waals surface area contributed by atoms with Gasteiger partial charge in [0.2, 0.25) is 0 Å². The van der Waals surface area contributed by atoms with E-state index in [9.17, 15) is 4.79 Å². The normalized spacial score (nSPS) is 18.2. The number of carboxylic acids is 1. The van der Waals surface area contributed by atoms with Crippen molar-refractivity contribution in [2.45, 2.75) is 39.2 Å². The third-order valence-electron chi connectivity index (χ3n) is 6.59. The van der Waals surface area contributed by atoms with E-state index in [-0.39, 0.29) is 6.61 Å². The number of methoxy groups -OCH3 is 1. The van der Waals surface area contributed by atoms with Crippen molar-refractivity contribution < 1.29 is 19.4 Å². The molecule has 4 rings (SSSR count). The fourth-order valence-corrected chi connectivity index (χ4v) is 4.78. The molecule has 1 N–H and O–H groups in total. The Kier molecular flexibility index (Phi) is 7.45. The summed E-state index contributed by atoms with van der Waals surface area (Å²) >= 11 is 0. The first-order valence-electron chi connectivity index (χ1n) is 11.6. The lowest BCUT2D eigenvalue weighted by atomic mass is 9.82. The molecule has 0 unspecified atom stereocenters. The van der Waals surface area contributed by atoms with Crippen molar-refractivity contribution in [2.75, 3.05) is 20.3 Å². The highest BCUT2D eigenvalue weighted by Crippen LogP contribution is 2.37. The third kappa shape index (κ3) is 5.63. The second-order valence-corrected chi connectivity index (χ2v) is 8.88. The monoisotopic (exact) mass is 448 g/mol. The SMILES string of the molecule is COc1cccc(-c2c(-c3ccccc3)nn(C[C@H]3CC[C@H](COCC(=O)O)CC3)c2C)c1.